The molecule has 3 aromatic rings. The van der Waals surface area contributed by atoms with Crippen molar-refractivity contribution in [2.24, 2.45) is 5.92 Å². The summed E-state index contributed by atoms with van der Waals surface area (Å²) in [6.45, 7) is 3.27. The van der Waals surface area contributed by atoms with Crippen LogP contribution in [0.25, 0.3) is 0 Å². The lowest BCUT2D eigenvalue weighted by Gasteiger charge is -2.36. The Morgan fingerprint density at radius 3 is 2.12 bits per heavy atom. The fraction of sp³-hybridized carbons (Fsp3) is 0.333. The molecule has 0 radical (unpaired) electrons. The first-order chi connectivity index (χ1) is 16.8. The van der Waals surface area contributed by atoms with Gasteiger partial charge in [-0.15, -0.1) is 0 Å². The third-order valence-corrected chi connectivity index (χ3v) is 6.69. The number of piperidine rings is 1. The Labute approximate surface area is 202 Å². The van der Waals surface area contributed by atoms with Crippen LogP contribution in [-0.2, 0) is 20.6 Å². The molecule has 1 saturated heterocycles. The third-order valence-electron chi connectivity index (χ3n) is 6.69. The van der Waals surface area contributed by atoms with Gasteiger partial charge in [-0.05, 0) is 42.5 Å². The molecule has 4 heteroatoms. The lowest BCUT2D eigenvalue weighted by molar-refractivity contribution is -0.0366. The lowest BCUT2D eigenvalue weighted by Crippen LogP contribution is -2.43. The number of hydrogen-bond acceptors (Lipinski definition) is 4. The second-order valence-corrected chi connectivity index (χ2v) is 9.20. The maximum Gasteiger partial charge on any atom is 0.229 e. The van der Waals surface area contributed by atoms with Crippen molar-refractivity contribution in [3.63, 3.8) is 0 Å². The zero-order valence-electron chi connectivity index (χ0n) is 19.6. The van der Waals surface area contributed by atoms with Gasteiger partial charge in [-0.3, -0.25) is 0 Å². The van der Waals surface area contributed by atoms with E-state index >= 15 is 0 Å². The average molecular weight is 456 g/mol. The number of benzene rings is 3. The van der Waals surface area contributed by atoms with Gasteiger partial charge in [0, 0.05) is 19.0 Å². The van der Waals surface area contributed by atoms with Crippen LogP contribution in [0.2, 0.25) is 0 Å². The van der Waals surface area contributed by atoms with E-state index in [0.717, 1.165) is 44.7 Å². The molecule has 0 aliphatic carbocycles. The summed E-state index contributed by atoms with van der Waals surface area (Å²) in [5.41, 5.74) is 3.73. The van der Waals surface area contributed by atoms with Crippen molar-refractivity contribution in [1.29, 1.82) is 0 Å². The maximum atomic E-state index is 6.81. The number of nitrogens with zero attached hydrogens (tertiary/aromatic N) is 1. The largest absolute Gasteiger partial charge is 0.462 e. The minimum atomic E-state index is -0.0539. The number of hydrogen-bond donors (Lipinski definition) is 0. The molecule has 1 fully saturated rings. The highest BCUT2D eigenvalue weighted by molar-refractivity contribution is 5.30. The fourth-order valence-electron chi connectivity index (χ4n) is 5.02. The first kappa shape index (κ1) is 22.7. The predicted molar refractivity (Wildman–Crippen MR) is 134 cm³/mol. The zero-order valence-corrected chi connectivity index (χ0v) is 19.6. The molecule has 34 heavy (non-hydrogen) atoms. The van der Waals surface area contributed by atoms with E-state index in [0.29, 0.717) is 6.79 Å². The smallest absolute Gasteiger partial charge is 0.229 e. The molecule has 176 valence electrons. The average Bonchev–Trinajstić information content (AvgIpc) is 3.44. The van der Waals surface area contributed by atoms with Crippen LogP contribution in [0.15, 0.2) is 103 Å². The highest BCUT2D eigenvalue weighted by Crippen LogP contribution is 2.31. The van der Waals surface area contributed by atoms with Crippen LogP contribution in [0.1, 0.15) is 35.6 Å². The summed E-state index contributed by atoms with van der Waals surface area (Å²) in [7, 11) is 0. The van der Waals surface area contributed by atoms with Crippen molar-refractivity contribution < 1.29 is 14.2 Å². The van der Waals surface area contributed by atoms with Gasteiger partial charge in [0.15, 0.2) is 0 Å². The highest BCUT2D eigenvalue weighted by atomic mass is 16.7. The van der Waals surface area contributed by atoms with Gasteiger partial charge < -0.3 is 19.1 Å². The molecule has 0 spiro atoms. The Morgan fingerprint density at radius 1 is 0.853 bits per heavy atom. The molecule has 2 unspecified atom stereocenters. The van der Waals surface area contributed by atoms with Gasteiger partial charge in [-0.25, -0.2) is 0 Å². The molecular weight excluding hydrogens is 422 g/mol. The summed E-state index contributed by atoms with van der Waals surface area (Å²) in [5.74, 6) is 1.22. The molecule has 0 saturated carbocycles. The highest BCUT2D eigenvalue weighted by Gasteiger charge is 2.29. The Bertz CT molecular complexity index is 999. The monoisotopic (exact) mass is 455 g/mol. The standard InChI is InChI=1S/C30H33NO3/c1-4-11-24(12-5-1)19-27(29-22-32-23-33-29)20-31-18-10-17-28(21-31)34-30(25-13-6-2-7-14-25)26-15-8-3-9-16-26/h1-9,11-16,22,27-28,30H,10,17-21,23H2. The van der Waals surface area contributed by atoms with Crippen LogP contribution in [0.3, 0.4) is 0 Å². The van der Waals surface area contributed by atoms with E-state index in [1.165, 1.54) is 16.7 Å². The van der Waals surface area contributed by atoms with E-state index < -0.39 is 0 Å². The van der Waals surface area contributed by atoms with Crippen molar-refractivity contribution >= 4 is 0 Å². The summed E-state index contributed by atoms with van der Waals surface area (Å²) in [6.07, 6.45) is 5.09. The number of rotatable bonds is 9. The summed E-state index contributed by atoms with van der Waals surface area (Å²) in [5, 5.41) is 0. The van der Waals surface area contributed by atoms with Crippen molar-refractivity contribution in [2.75, 3.05) is 26.4 Å². The molecule has 2 aliphatic rings. The lowest BCUT2D eigenvalue weighted by atomic mass is 9.95. The van der Waals surface area contributed by atoms with Gasteiger partial charge in [0.1, 0.15) is 18.1 Å². The van der Waals surface area contributed by atoms with Gasteiger partial charge in [-0.2, -0.15) is 0 Å². The second-order valence-electron chi connectivity index (χ2n) is 9.20. The third kappa shape index (κ3) is 5.88. The van der Waals surface area contributed by atoms with E-state index in [1.54, 1.807) is 6.26 Å². The molecule has 0 amide bonds. The molecule has 3 aromatic carbocycles. The van der Waals surface area contributed by atoms with Crippen LogP contribution in [0, 0.1) is 5.92 Å². The molecule has 0 bridgehead atoms. The van der Waals surface area contributed by atoms with Crippen LogP contribution in [0.4, 0.5) is 0 Å². The minimum Gasteiger partial charge on any atom is -0.462 e. The Morgan fingerprint density at radius 2 is 1.50 bits per heavy atom. The quantitative estimate of drug-likeness (QED) is 0.398. The SMILES string of the molecule is C1=C(C(Cc2ccccc2)CN2CCCC(OC(c3ccccc3)c3ccccc3)C2)OCO1. The summed E-state index contributed by atoms with van der Waals surface area (Å²) >= 11 is 0. The molecule has 2 aliphatic heterocycles. The normalized spacial score (nSPS) is 19.3. The number of ether oxygens (including phenoxy) is 3. The Kier molecular flexibility index (Phi) is 7.59. The second kappa shape index (κ2) is 11.4. The van der Waals surface area contributed by atoms with Gasteiger partial charge in [-0.1, -0.05) is 91.0 Å². The molecule has 0 aromatic heterocycles. The topological polar surface area (TPSA) is 30.9 Å². The van der Waals surface area contributed by atoms with Crippen molar-refractivity contribution in [2.45, 2.75) is 31.5 Å². The van der Waals surface area contributed by atoms with Gasteiger partial charge in [0.05, 0.1) is 6.10 Å². The molecule has 5 rings (SSSR count). The molecule has 4 nitrogen and oxygen atoms in total. The molecule has 0 N–H and O–H groups in total. The summed E-state index contributed by atoms with van der Waals surface area (Å²) in [6, 6.07) is 31.8. The van der Waals surface area contributed by atoms with Crippen LogP contribution in [0.5, 0.6) is 0 Å². The van der Waals surface area contributed by atoms with Crippen LogP contribution >= 0.6 is 0 Å². The summed E-state index contributed by atoms with van der Waals surface area (Å²) < 4.78 is 18.0. The predicted octanol–water partition coefficient (Wildman–Crippen LogP) is 5.96. The zero-order chi connectivity index (χ0) is 23.0. The first-order valence-electron chi connectivity index (χ1n) is 12.3. The molecule has 2 heterocycles. The fourth-order valence-corrected chi connectivity index (χ4v) is 5.02. The molecule has 2 atom stereocenters. The van der Waals surface area contributed by atoms with Crippen molar-refractivity contribution in [3.8, 4) is 0 Å². The van der Waals surface area contributed by atoms with Crippen LogP contribution < -0.4 is 0 Å². The minimum absolute atomic E-state index is 0.0539. The maximum absolute atomic E-state index is 6.81. The summed E-state index contributed by atoms with van der Waals surface area (Å²) in [4.78, 5) is 2.54. The van der Waals surface area contributed by atoms with E-state index in [4.69, 9.17) is 14.2 Å². The van der Waals surface area contributed by atoms with Crippen LogP contribution in [-0.4, -0.2) is 37.4 Å². The van der Waals surface area contributed by atoms with Crippen molar-refractivity contribution in [3.05, 3.63) is 120 Å². The van der Waals surface area contributed by atoms with E-state index in [1.807, 2.05) is 0 Å². The van der Waals surface area contributed by atoms with E-state index in [-0.39, 0.29) is 18.1 Å². The first-order valence-corrected chi connectivity index (χ1v) is 12.3. The van der Waals surface area contributed by atoms with E-state index in [2.05, 4.69) is 95.9 Å². The Balaban J connectivity index is 1.28. The Hall–Kier alpha value is -3.08. The van der Waals surface area contributed by atoms with Gasteiger partial charge in [0.25, 0.3) is 0 Å². The van der Waals surface area contributed by atoms with Crippen molar-refractivity contribution in [1.82, 2.24) is 4.90 Å². The van der Waals surface area contributed by atoms with Gasteiger partial charge in [0.2, 0.25) is 6.79 Å². The van der Waals surface area contributed by atoms with Gasteiger partial charge >= 0.3 is 0 Å². The van der Waals surface area contributed by atoms with E-state index in [9.17, 15) is 0 Å². The number of likely N-dealkylation sites (tertiary alicyclic amines) is 1. The molecular formula is C30H33NO3.